The lowest BCUT2D eigenvalue weighted by Gasteiger charge is -2.33. The topological polar surface area (TPSA) is 63.9 Å². The van der Waals surface area contributed by atoms with Crippen LogP contribution in [0.1, 0.15) is 31.7 Å². The van der Waals surface area contributed by atoms with Gasteiger partial charge in [-0.05, 0) is 62.9 Å². The van der Waals surface area contributed by atoms with Gasteiger partial charge in [0.25, 0.3) is 0 Å². The molecular weight excluding hydrogens is 418 g/mol. The van der Waals surface area contributed by atoms with Gasteiger partial charge in [0, 0.05) is 35.6 Å². The van der Waals surface area contributed by atoms with Gasteiger partial charge in [-0.2, -0.15) is 0 Å². The van der Waals surface area contributed by atoms with Gasteiger partial charge >= 0.3 is 0 Å². The van der Waals surface area contributed by atoms with E-state index in [1.807, 2.05) is 46.7 Å². The number of pyridine rings is 1. The number of hydrogen-bond donors (Lipinski definition) is 0. The van der Waals surface area contributed by atoms with Crippen LogP contribution in [0.2, 0.25) is 5.02 Å². The van der Waals surface area contributed by atoms with Gasteiger partial charge in [0.1, 0.15) is 0 Å². The number of aromatic nitrogens is 4. The fraction of sp³-hybridized carbons (Fsp3) is 0.364. The van der Waals surface area contributed by atoms with Crippen molar-refractivity contribution in [2.24, 2.45) is 0 Å². The summed E-state index contributed by atoms with van der Waals surface area (Å²) in [6.07, 6.45) is 6.79. The normalized spacial score (nSPS) is 16.6. The zero-order valence-corrected chi connectivity index (χ0v) is 18.7. The number of thioether (sulfide) groups is 1. The number of rotatable bonds is 5. The first-order chi connectivity index (χ1) is 14.6. The molecule has 1 aromatic carbocycles. The molecule has 1 fully saturated rings. The van der Waals surface area contributed by atoms with Crippen molar-refractivity contribution in [3.8, 4) is 17.1 Å². The van der Waals surface area contributed by atoms with Crippen molar-refractivity contribution in [1.29, 1.82) is 0 Å². The second kappa shape index (κ2) is 9.18. The van der Waals surface area contributed by atoms with Crippen LogP contribution in [0.5, 0.6) is 0 Å². The summed E-state index contributed by atoms with van der Waals surface area (Å²) >= 11 is 7.81. The van der Waals surface area contributed by atoms with Gasteiger partial charge in [-0.25, -0.2) is 0 Å². The summed E-state index contributed by atoms with van der Waals surface area (Å²) in [5.74, 6) is 1.18. The van der Waals surface area contributed by atoms with E-state index in [1.54, 1.807) is 12.4 Å². The Morgan fingerprint density at radius 3 is 2.77 bits per heavy atom. The van der Waals surface area contributed by atoms with Crippen LogP contribution in [0.3, 0.4) is 0 Å². The summed E-state index contributed by atoms with van der Waals surface area (Å²) in [7, 11) is 0. The average Bonchev–Trinajstić information content (AvgIpc) is 3.18. The lowest BCUT2D eigenvalue weighted by Crippen LogP contribution is -2.42. The van der Waals surface area contributed by atoms with Crippen molar-refractivity contribution < 1.29 is 4.79 Å². The number of nitrogens with zero attached hydrogens (tertiary/aromatic N) is 5. The third-order valence-corrected chi connectivity index (χ3v) is 6.82. The summed E-state index contributed by atoms with van der Waals surface area (Å²) < 4.78 is 1.98. The molecule has 3 aromatic rings. The third-order valence-electron chi connectivity index (χ3n) is 5.50. The Hall–Kier alpha value is -2.38. The molecule has 156 valence electrons. The Morgan fingerprint density at radius 2 is 2.00 bits per heavy atom. The molecule has 1 aliphatic heterocycles. The molecule has 0 radical (unpaired) electrons. The number of piperidine rings is 1. The molecule has 0 saturated carbocycles. The highest BCUT2D eigenvalue weighted by molar-refractivity contribution is 7.99. The van der Waals surface area contributed by atoms with Crippen LogP contribution in [0.4, 0.5) is 0 Å². The number of carbonyl (C=O) groups is 1. The molecule has 6 nitrogen and oxygen atoms in total. The number of amides is 1. The Bertz CT molecular complexity index is 1040. The van der Waals surface area contributed by atoms with Crippen molar-refractivity contribution in [2.45, 2.75) is 44.3 Å². The first-order valence-electron chi connectivity index (χ1n) is 10.1. The molecular formula is C22H24ClN5OS. The van der Waals surface area contributed by atoms with E-state index < -0.39 is 0 Å². The second-order valence-electron chi connectivity index (χ2n) is 7.48. The van der Waals surface area contributed by atoms with Crippen molar-refractivity contribution >= 4 is 29.3 Å². The molecule has 0 spiro atoms. The van der Waals surface area contributed by atoms with Gasteiger partial charge in [-0.1, -0.05) is 29.4 Å². The molecule has 1 aliphatic rings. The number of halogens is 1. The van der Waals surface area contributed by atoms with Crippen molar-refractivity contribution in [2.75, 3.05) is 12.3 Å². The minimum Gasteiger partial charge on any atom is -0.339 e. The summed E-state index contributed by atoms with van der Waals surface area (Å²) in [6, 6.07) is 9.87. The minimum absolute atomic E-state index is 0.148. The van der Waals surface area contributed by atoms with Gasteiger partial charge < -0.3 is 4.90 Å². The molecule has 0 N–H and O–H groups in total. The zero-order valence-electron chi connectivity index (χ0n) is 17.1. The number of carbonyl (C=O) groups excluding carboxylic acids is 1. The molecule has 3 heterocycles. The van der Waals surface area contributed by atoms with Gasteiger partial charge in [0.2, 0.25) is 5.91 Å². The highest BCUT2D eigenvalue weighted by Crippen LogP contribution is 2.32. The van der Waals surface area contributed by atoms with Crippen LogP contribution in [0.25, 0.3) is 17.1 Å². The largest absolute Gasteiger partial charge is 0.339 e. The molecule has 1 unspecified atom stereocenters. The minimum atomic E-state index is 0.148. The van der Waals surface area contributed by atoms with Gasteiger partial charge in [0.15, 0.2) is 11.0 Å². The molecule has 8 heteroatoms. The van der Waals surface area contributed by atoms with Crippen LogP contribution in [0.15, 0.2) is 47.9 Å². The first-order valence-corrected chi connectivity index (χ1v) is 11.5. The summed E-state index contributed by atoms with van der Waals surface area (Å²) in [4.78, 5) is 18.9. The molecule has 0 aliphatic carbocycles. The van der Waals surface area contributed by atoms with E-state index in [-0.39, 0.29) is 5.91 Å². The molecule has 4 rings (SSSR count). The van der Waals surface area contributed by atoms with E-state index >= 15 is 0 Å². The summed E-state index contributed by atoms with van der Waals surface area (Å²) in [5, 5.41) is 10.2. The van der Waals surface area contributed by atoms with E-state index in [1.165, 1.54) is 18.2 Å². The summed E-state index contributed by atoms with van der Waals surface area (Å²) in [5.41, 5.74) is 2.74. The maximum Gasteiger partial charge on any atom is 0.233 e. The van der Waals surface area contributed by atoms with Crippen LogP contribution < -0.4 is 0 Å². The number of likely N-dealkylation sites (tertiary alicyclic amines) is 1. The highest BCUT2D eigenvalue weighted by Gasteiger charge is 2.25. The Kier molecular flexibility index (Phi) is 6.39. The highest BCUT2D eigenvalue weighted by atomic mass is 35.5. The maximum atomic E-state index is 12.8. The zero-order chi connectivity index (χ0) is 21.1. The molecule has 1 atom stereocenters. The van der Waals surface area contributed by atoms with E-state index in [2.05, 4.69) is 22.1 Å². The standard InChI is InChI=1S/C22H24ClN5OS/c1-15-6-3-4-13-27(15)20(29)14-30-22-26-25-21(17-9-11-24-12-10-17)28(22)19-8-5-7-18(23)16(19)2/h5,7-12,15H,3-4,6,13-14H2,1-2H3. The lowest BCUT2D eigenvalue weighted by atomic mass is 10.0. The van der Waals surface area contributed by atoms with Crippen molar-refractivity contribution in [3.63, 3.8) is 0 Å². The maximum absolute atomic E-state index is 12.8. The van der Waals surface area contributed by atoms with E-state index in [0.717, 1.165) is 36.2 Å². The fourth-order valence-corrected chi connectivity index (χ4v) is 4.79. The second-order valence-corrected chi connectivity index (χ2v) is 8.83. The van der Waals surface area contributed by atoms with Gasteiger partial charge in [0.05, 0.1) is 11.4 Å². The van der Waals surface area contributed by atoms with Crippen LogP contribution >= 0.6 is 23.4 Å². The molecule has 2 aromatic heterocycles. The lowest BCUT2D eigenvalue weighted by molar-refractivity contribution is -0.131. The predicted molar refractivity (Wildman–Crippen MR) is 120 cm³/mol. The molecule has 0 bridgehead atoms. The molecule has 1 amide bonds. The monoisotopic (exact) mass is 441 g/mol. The predicted octanol–water partition coefficient (Wildman–Crippen LogP) is 4.78. The first kappa shape index (κ1) is 20.9. The fourth-order valence-electron chi connectivity index (χ4n) is 3.78. The van der Waals surface area contributed by atoms with E-state index in [0.29, 0.717) is 27.8 Å². The third kappa shape index (κ3) is 4.23. The van der Waals surface area contributed by atoms with Crippen LogP contribution in [-0.4, -0.2) is 48.9 Å². The number of benzene rings is 1. The van der Waals surface area contributed by atoms with Crippen molar-refractivity contribution in [1.82, 2.24) is 24.6 Å². The van der Waals surface area contributed by atoms with Crippen LogP contribution in [0, 0.1) is 6.92 Å². The Labute approximate surface area is 185 Å². The molecule has 30 heavy (non-hydrogen) atoms. The number of hydrogen-bond acceptors (Lipinski definition) is 5. The molecule has 1 saturated heterocycles. The van der Waals surface area contributed by atoms with Crippen LogP contribution in [-0.2, 0) is 4.79 Å². The van der Waals surface area contributed by atoms with Gasteiger partial charge in [-0.3, -0.25) is 14.3 Å². The summed E-state index contributed by atoms with van der Waals surface area (Å²) in [6.45, 7) is 4.94. The SMILES string of the molecule is Cc1c(Cl)cccc1-n1c(SCC(=O)N2CCCCC2C)nnc1-c1ccncc1. The van der Waals surface area contributed by atoms with E-state index in [9.17, 15) is 4.79 Å². The quantitative estimate of drug-likeness (QED) is 0.533. The Balaban J connectivity index is 1.67. The Morgan fingerprint density at radius 1 is 1.20 bits per heavy atom. The van der Waals surface area contributed by atoms with Crippen molar-refractivity contribution in [3.05, 3.63) is 53.3 Å². The van der Waals surface area contributed by atoms with Gasteiger partial charge in [-0.15, -0.1) is 10.2 Å². The van der Waals surface area contributed by atoms with E-state index in [4.69, 9.17) is 11.6 Å². The smallest absolute Gasteiger partial charge is 0.233 e. The average molecular weight is 442 g/mol.